The summed E-state index contributed by atoms with van der Waals surface area (Å²) < 4.78 is 34.0. The topological polar surface area (TPSA) is 70.7 Å². The molecular formula is C18H29N3O3S. The summed E-state index contributed by atoms with van der Waals surface area (Å²) in [4.78, 5) is 2.50. The first-order valence-electron chi connectivity index (χ1n) is 9.15. The number of sulfonamides is 1. The third-order valence-electron chi connectivity index (χ3n) is 5.26. The van der Waals surface area contributed by atoms with Crippen LogP contribution >= 0.6 is 0 Å². The van der Waals surface area contributed by atoms with Crippen molar-refractivity contribution in [1.82, 2.24) is 10.0 Å². The Labute approximate surface area is 151 Å². The first kappa shape index (κ1) is 18.5. The van der Waals surface area contributed by atoms with Crippen LogP contribution in [0.15, 0.2) is 23.1 Å². The summed E-state index contributed by atoms with van der Waals surface area (Å²) in [5.41, 5.74) is 0.851. The summed E-state index contributed by atoms with van der Waals surface area (Å²) >= 11 is 0. The lowest BCUT2D eigenvalue weighted by Crippen LogP contribution is -2.43. The van der Waals surface area contributed by atoms with Gasteiger partial charge in [-0.05, 0) is 49.8 Å². The van der Waals surface area contributed by atoms with Crippen LogP contribution in [0.5, 0.6) is 5.75 Å². The molecule has 2 N–H and O–H groups in total. The predicted octanol–water partition coefficient (Wildman–Crippen LogP) is 1.96. The highest BCUT2D eigenvalue weighted by Gasteiger charge is 2.25. The molecule has 0 radical (unpaired) electrons. The summed E-state index contributed by atoms with van der Waals surface area (Å²) in [5.74, 6) is 1.41. The average Bonchev–Trinajstić information content (AvgIpc) is 2.63. The number of nitrogens with one attached hydrogen (secondary N) is 2. The summed E-state index contributed by atoms with van der Waals surface area (Å²) in [7, 11) is -1.89. The number of ether oxygens (including phenoxy) is 1. The molecule has 0 spiro atoms. The number of nitrogens with zero attached hydrogens (tertiary/aromatic N) is 1. The Balaban J connectivity index is 1.80. The predicted molar refractivity (Wildman–Crippen MR) is 99.8 cm³/mol. The van der Waals surface area contributed by atoms with E-state index in [0.29, 0.717) is 16.6 Å². The van der Waals surface area contributed by atoms with Crippen LogP contribution in [0.4, 0.5) is 5.69 Å². The molecule has 6 nitrogen and oxygen atoms in total. The van der Waals surface area contributed by atoms with E-state index in [-0.39, 0.29) is 6.04 Å². The molecule has 0 amide bonds. The van der Waals surface area contributed by atoms with Gasteiger partial charge in [-0.2, -0.15) is 0 Å². The number of anilines is 1. The van der Waals surface area contributed by atoms with Gasteiger partial charge >= 0.3 is 0 Å². The van der Waals surface area contributed by atoms with Gasteiger partial charge in [0.2, 0.25) is 10.0 Å². The number of hydrogen-bond donors (Lipinski definition) is 2. The van der Waals surface area contributed by atoms with Gasteiger partial charge in [-0.25, -0.2) is 13.1 Å². The fourth-order valence-electron chi connectivity index (χ4n) is 3.66. The zero-order valence-electron chi connectivity index (χ0n) is 15.1. The van der Waals surface area contributed by atoms with E-state index in [1.165, 1.54) is 0 Å². The Bertz CT molecular complexity index is 679. The van der Waals surface area contributed by atoms with E-state index in [1.54, 1.807) is 25.3 Å². The second kappa shape index (κ2) is 7.93. The van der Waals surface area contributed by atoms with Crippen LogP contribution in [0, 0.1) is 5.92 Å². The smallest absolute Gasteiger partial charge is 0.240 e. The summed E-state index contributed by atoms with van der Waals surface area (Å²) in [6, 6.07) is 5.19. The summed E-state index contributed by atoms with van der Waals surface area (Å²) in [6.07, 6.45) is 4.01. The van der Waals surface area contributed by atoms with Gasteiger partial charge in [0.15, 0.2) is 0 Å². The number of hydrogen-bond acceptors (Lipinski definition) is 5. The van der Waals surface area contributed by atoms with Gasteiger partial charge in [-0.3, -0.25) is 0 Å². The van der Waals surface area contributed by atoms with E-state index in [9.17, 15) is 8.42 Å². The summed E-state index contributed by atoms with van der Waals surface area (Å²) in [6.45, 7) is 5.69. The standard InChI is InChI=1S/C18H29N3O3S/c1-14-3-5-15(6-4-14)20-25(22,23)16-7-8-18(24-2)17(13-16)21-11-9-19-10-12-21/h7-8,13-15,19-20H,3-6,9-12H2,1-2H3. The van der Waals surface area contributed by atoms with E-state index in [1.807, 2.05) is 0 Å². The molecule has 1 aliphatic carbocycles. The van der Waals surface area contributed by atoms with Crippen molar-refractivity contribution < 1.29 is 13.2 Å². The maximum Gasteiger partial charge on any atom is 0.240 e. The molecular weight excluding hydrogens is 338 g/mol. The van der Waals surface area contributed by atoms with Crippen LogP contribution in [0.1, 0.15) is 32.6 Å². The first-order chi connectivity index (χ1) is 12.0. The highest BCUT2D eigenvalue weighted by Crippen LogP contribution is 2.32. The lowest BCUT2D eigenvalue weighted by molar-refractivity contribution is 0.332. The fraction of sp³-hybridized carbons (Fsp3) is 0.667. The van der Waals surface area contributed by atoms with Crippen LogP contribution in [0.2, 0.25) is 0 Å². The third kappa shape index (κ3) is 4.46. The molecule has 1 aromatic carbocycles. The van der Waals surface area contributed by atoms with Crippen LogP contribution in [-0.4, -0.2) is 47.7 Å². The van der Waals surface area contributed by atoms with Crippen molar-refractivity contribution in [2.45, 2.75) is 43.5 Å². The van der Waals surface area contributed by atoms with Crippen molar-refractivity contribution in [3.63, 3.8) is 0 Å². The Morgan fingerprint density at radius 1 is 1.16 bits per heavy atom. The minimum atomic E-state index is -3.51. The molecule has 1 saturated carbocycles. The van der Waals surface area contributed by atoms with Gasteiger partial charge in [0.25, 0.3) is 0 Å². The fourth-order valence-corrected chi connectivity index (χ4v) is 4.98. The van der Waals surface area contributed by atoms with Gasteiger partial charge in [0.05, 0.1) is 17.7 Å². The van der Waals surface area contributed by atoms with Crippen molar-refractivity contribution in [2.75, 3.05) is 38.2 Å². The molecule has 1 saturated heterocycles. The van der Waals surface area contributed by atoms with Gasteiger partial charge in [-0.15, -0.1) is 0 Å². The Kier molecular flexibility index (Phi) is 5.86. The molecule has 0 atom stereocenters. The van der Waals surface area contributed by atoms with E-state index in [4.69, 9.17) is 4.74 Å². The molecule has 25 heavy (non-hydrogen) atoms. The van der Waals surface area contributed by atoms with Crippen molar-refractivity contribution >= 4 is 15.7 Å². The van der Waals surface area contributed by atoms with Gasteiger partial charge in [0.1, 0.15) is 5.75 Å². The Morgan fingerprint density at radius 2 is 1.84 bits per heavy atom. The normalized spacial score (nSPS) is 25.0. The molecule has 1 heterocycles. The minimum absolute atomic E-state index is 0.0472. The lowest BCUT2D eigenvalue weighted by atomic mass is 9.88. The van der Waals surface area contributed by atoms with Crippen molar-refractivity contribution in [1.29, 1.82) is 0 Å². The summed E-state index contributed by atoms with van der Waals surface area (Å²) in [5, 5.41) is 3.31. The Hall–Kier alpha value is -1.31. The second-order valence-electron chi connectivity index (χ2n) is 7.15. The van der Waals surface area contributed by atoms with Crippen LogP contribution in [-0.2, 0) is 10.0 Å². The van der Waals surface area contributed by atoms with E-state index >= 15 is 0 Å². The number of rotatable bonds is 5. The lowest BCUT2D eigenvalue weighted by Gasteiger charge is -2.31. The van der Waals surface area contributed by atoms with Crippen molar-refractivity contribution in [3.8, 4) is 5.75 Å². The molecule has 1 aromatic rings. The minimum Gasteiger partial charge on any atom is -0.495 e. The molecule has 7 heteroatoms. The van der Waals surface area contributed by atoms with Gasteiger partial charge in [0, 0.05) is 32.2 Å². The molecule has 0 aromatic heterocycles. The van der Waals surface area contributed by atoms with Crippen LogP contribution < -0.4 is 19.7 Å². The third-order valence-corrected chi connectivity index (χ3v) is 6.77. The van der Waals surface area contributed by atoms with E-state index in [2.05, 4.69) is 21.9 Å². The Morgan fingerprint density at radius 3 is 2.48 bits per heavy atom. The highest BCUT2D eigenvalue weighted by atomic mass is 32.2. The number of piperazine rings is 1. The molecule has 0 unspecified atom stereocenters. The molecule has 1 aliphatic heterocycles. The largest absolute Gasteiger partial charge is 0.495 e. The van der Waals surface area contributed by atoms with Crippen LogP contribution in [0.3, 0.4) is 0 Å². The van der Waals surface area contributed by atoms with E-state index < -0.39 is 10.0 Å². The van der Waals surface area contributed by atoms with Crippen molar-refractivity contribution in [2.24, 2.45) is 5.92 Å². The van der Waals surface area contributed by atoms with Gasteiger partial charge < -0.3 is 15.0 Å². The average molecular weight is 368 g/mol. The van der Waals surface area contributed by atoms with Crippen molar-refractivity contribution in [3.05, 3.63) is 18.2 Å². The molecule has 0 bridgehead atoms. The maximum atomic E-state index is 12.8. The maximum absolute atomic E-state index is 12.8. The number of benzene rings is 1. The SMILES string of the molecule is COc1ccc(S(=O)(=O)NC2CCC(C)CC2)cc1N1CCNCC1. The first-order valence-corrected chi connectivity index (χ1v) is 10.6. The quantitative estimate of drug-likeness (QED) is 0.833. The van der Waals surface area contributed by atoms with Crippen LogP contribution in [0.25, 0.3) is 0 Å². The monoisotopic (exact) mass is 367 g/mol. The van der Waals surface area contributed by atoms with E-state index in [0.717, 1.165) is 57.5 Å². The number of methoxy groups -OCH3 is 1. The molecule has 3 rings (SSSR count). The molecule has 2 fully saturated rings. The highest BCUT2D eigenvalue weighted by molar-refractivity contribution is 7.89. The zero-order valence-corrected chi connectivity index (χ0v) is 15.9. The van der Waals surface area contributed by atoms with Gasteiger partial charge in [-0.1, -0.05) is 6.92 Å². The zero-order chi connectivity index (χ0) is 17.9. The molecule has 140 valence electrons. The second-order valence-corrected chi connectivity index (χ2v) is 8.86. The molecule has 2 aliphatic rings.